The molecule has 1 aromatic carbocycles. The first-order valence-corrected chi connectivity index (χ1v) is 7.47. The fourth-order valence-corrected chi connectivity index (χ4v) is 2.68. The van der Waals surface area contributed by atoms with Gasteiger partial charge in [0.1, 0.15) is 0 Å². The standard InChI is InChI=1S/C17H25N3/c1-5-17-13(3)19-20(14(17)4)12-16-9-7-8-15(10-16)11-18-6-2/h7-10,18H,5-6,11-12H2,1-4H3. The van der Waals surface area contributed by atoms with E-state index in [-0.39, 0.29) is 0 Å². The highest BCUT2D eigenvalue weighted by atomic mass is 15.3. The van der Waals surface area contributed by atoms with Gasteiger partial charge in [-0.1, -0.05) is 38.1 Å². The topological polar surface area (TPSA) is 29.9 Å². The first-order chi connectivity index (χ1) is 9.65. The van der Waals surface area contributed by atoms with Crippen molar-refractivity contribution in [3.05, 3.63) is 52.3 Å². The van der Waals surface area contributed by atoms with Crippen molar-refractivity contribution >= 4 is 0 Å². The molecule has 0 unspecified atom stereocenters. The van der Waals surface area contributed by atoms with E-state index in [0.29, 0.717) is 0 Å². The Bertz CT molecular complexity index is 570. The molecule has 1 heterocycles. The Labute approximate surface area is 122 Å². The summed E-state index contributed by atoms with van der Waals surface area (Å²) in [4.78, 5) is 0. The Hall–Kier alpha value is -1.61. The summed E-state index contributed by atoms with van der Waals surface area (Å²) in [6.45, 7) is 11.4. The molecule has 3 heteroatoms. The molecule has 2 aromatic rings. The van der Waals surface area contributed by atoms with E-state index in [1.807, 2.05) is 0 Å². The Balaban J connectivity index is 2.17. The van der Waals surface area contributed by atoms with E-state index in [1.54, 1.807) is 0 Å². The van der Waals surface area contributed by atoms with Crippen LogP contribution in [0.25, 0.3) is 0 Å². The van der Waals surface area contributed by atoms with Crippen LogP contribution in [0.2, 0.25) is 0 Å². The molecule has 20 heavy (non-hydrogen) atoms. The molecule has 0 saturated carbocycles. The second-order valence-electron chi connectivity index (χ2n) is 5.26. The van der Waals surface area contributed by atoms with Gasteiger partial charge in [0.05, 0.1) is 12.2 Å². The molecular weight excluding hydrogens is 246 g/mol. The predicted molar refractivity (Wildman–Crippen MR) is 84.0 cm³/mol. The van der Waals surface area contributed by atoms with Crippen molar-refractivity contribution in [2.24, 2.45) is 0 Å². The van der Waals surface area contributed by atoms with E-state index in [1.165, 1.54) is 22.4 Å². The number of rotatable bonds is 6. The minimum Gasteiger partial charge on any atom is -0.313 e. The minimum absolute atomic E-state index is 0.854. The lowest BCUT2D eigenvalue weighted by atomic mass is 10.1. The molecule has 0 amide bonds. The Morgan fingerprint density at radius 3 is 2.55 bits per heavy atom. The normalized spacial score (nSPS) is 11.0. The first kappa shape index (κ1) is 14.8. The summed E-state index contributed by atoms with van der Waals surface area (Å²) >= 11 is 0. The summed E-state index contributed by atoms with van der Waals surface area (Å²) in [5.74, 6) is 0. The highest BCUT2D eigenvalue weighted by molar-refractivity contribution is 5.27. The van der Waals surface area contributed by atoms with Gasteiger partial charge in [0, 0.05) is 12.2 Å². The number of nitrogens with zero attached hydrogens (tertiary/aromatic N) is 2. The van der Waals surface area contributed by atoms with Crippen LogP contribution in [0.15, 0.2) is 24.3 Å². The molecule has 2 rings (SSSR count). The molecule has 0 aliphatic rings. The number of aryl methyl sites for hydroxylation is 1. The van der Waals surface area contributed by atoms with E-state index >= 15 is 0 Å². The molecule has 0 atom stereocenters. The second kappa shape index (κ2) is 6.71. The third kappa shape index (κ3) is 3.28. The van der Waals surface area contributed by atoms with Gasteiger partial charge in [-0.05, 0) is 43.5 Å². The van der Waals surface area contributed by atoms with Crippen molar-refractivity contribution in [3.63, 3.8) is 0 Å². The van der Waals surface area contributed by atoms with Crippen molar-refractivity contribution < 1.29 is 0 Å². The molecule has 1 aromatic heterocycles. The highest BCUT2D eigenvalue weighted by Gasteiger charge is 2.09. The van der Waals surface area contributed by atoms with Gasteiger partial charge in [-0.2, -0.15) is 5.10 Å². The lowest BCUT2D eigenvalue weighted by Gasteiger charge is -2.08. The number of aromatic nitrogens is 2. The van der Waals surface area contributed by atoms with Gasteiger partial charge in [-0.25, -0.2) is 0 Å². The van der Waals surface area contributed by atoms with Crippen LogP contribution in [-0.4, -0.2) is 16.3 Å². The summed E-state index contributed by atoms with van der Waals surface area (Å²) in [6.07, 6.45) is 1.05. The molecule has 0 bridgehead atoms. The van der Waals surface area contributed by atoms with E-state index < -0.39 is 0 Å². The van der Waals surface area contributed by atoms with Crippen LogP contribution < -0.4 is 5.32 Å². The third-order valence-corrected chi connectivity index (χ3v) is 3.79. The summed E-state index contributed by atoms with van der Waals surface area (Å²) < 4.78 is 2.13. The van der Waals surface area contributed by atoms with E-state index in [2.05, 4.69) is 67.1 Å². The molecule has 0 aliphatic heterocycles. The van der Waals surface area contributed by atoms with Gasteiger partial charge >= 0.3 is 0 Å². The Kier molecular flexibility index (Phi) is 4.96. The maximum atomic E-state index is 4.67. The van der Waals surface area contributed by atoms with Gasteiger partial charge in [-0.15, -0.1) is 0 Å². The zero-order valence-electron chi connectivity index (χ0n) is 13.0. The first-order valence-electron chi connectivity index (χ1n) is 7.47. The van der Waals surface area contributed by atoms with Gasteiger partial charge in [-0.3, -0.25) is 4.68 Å². The van der Waals surface area contributed by atoms with E-state index in [9.17, 15) is 0 Å². The predicted octanol–water partition coefficient (Wildman–Crippen LogP) is 3.22. The molecule has 0 fully saturated rings. The zero-order valence-corrected chi connectivity index (χ0v) is 13.0. The van der Waals surface area contributed by atoms with Crippen molar-refractivity contribution in [1.82, 2.24) is 15.1 Å². The van der Waals surface area contributed by atoms with Crippen LogP contribution in [0.3, 0.4) is 0 Å². The zero-order chi connectivity index (χ0) is 14.5. The molecular formula is C17H25N3. The average Bonchev–Trinajstić information content (AvgIpc) is 2.71. The molecule has 3 nitrogen and oxygen atoms in total. The average molecular weight is 271 g/mol. The van der Waals surface area contributed by atoms with Gasteiger partial charge in [0.2, 0.25) is 0 Å². The monoisotopic (exact) mass is 271 g/mol. The smallest absolute Gasteiger partial charge is 0.0662 e. The fourth-order valence-electron chi connectivity index (χ4n) is 2.68. The summed E-state index contributed by atoms with van der Waals surface area (Å²) in [7, 11) is 0. The van der Waals surface area contributed by atoms with Crippen molar-refractivity contribution in [2.45, 2.75) is 47.2 Å². The SMILES string of the molecule is CCNCc1cccc(Cn2nc(C)c(CC)c2C)c1. The highest BCUT2D eigenvalue weighted by Crippen LogP contribution is 2.15. The van der Waals surface area contributed by atoms with Crippen LogP contribution in [0, 0.1) is 13.8 Å². The number of hydrogen-bond acceptors (Lipinski definition) is 2. The lowest BCUT2D eigenvalue weighted by Crippen LogP contribution is -2.12. The molecule has 0 aliphatic carbocycles. The summed E-state index contributed by atoms with van der Waals surface area (Å²) in [5, 5.41) is 8.04. The number of hydrogen-bond donors (Lipinski definition) is 1. The quantitative estimate of drug-likeness (QED) is 0.874. The molecule has 1 N–H and O–H groups in total. The molecule has 0 saturated heterocycles. The van der Waals surface area contributed by atoms with Crippen LogP contribution in [0.5, 0.6) is 0 Å². The van der Waals surface area contributed by atoms with Gasteiger partial charge in [0.15, 0.2) is 0 Å². The Morgan fingerprint density at radius 2 is 1.90 bits per heavy atom. The van der Waals surface area contributed by atoms with Crippen molar-refractivity contribution in [2.75, 3.05) is 6.54 Å². The molecule has 0 spiro atoms. The maximum absolute atomic E-state index is 4.67. The van der Waals surface area contributed by atoms with Gasteiger partial charge < -0.3 is 5.32 Å². The van der Waals surface area contributed by atoms with Crippen molar-refractivity contribution in [1.29, 1.82) is 0 Å². The lowest BCUT2D eigenvalue weighted by molar-refractivity contribution is 0.656. The number of nitrogens with one attached hydrogen (secondary N) is 1. The Morgan fingerprint density at radius 1 is 1.15 bits per heavy atom. The van der Waals surface area contributed by atoms with Crippen LogP contribution in [-0.2, 0) is 19.5 Å². The number of benzene rings is 1. The van der Waals surface area contributed by atoms with Crippen molar-refractivity contribution in [3.8, 4) is 0 Å². The largest absolute Gasteiger partial charge is 0.313 e. The minimum atomic E-state index is 0.854. The van der Waals surface area contributed by atoms with E-state index in [0.717, 1.165) is 31.7 Å². The molecule has 108 valence electrons. The fraction of sp³-hybridized carbons (Fsp3) is 0.471. The maximum Gasteiger partial charge on any atom is 0.0662 e. The summed E-state index contributed by atoms with van der Waals surface area (Å²) in [6, 6.07) is 8.75. The third-order valence-electron chi connectivity index (χ3n) is 3.79. The van der Waals surface area contributed by atoms with Crippen LogP contribution >= 0.6 is 0 Å². The van der Waals surface area contributed by atoms with E-state index in [4.69, 9.17) is 0 Å². The summed E-state index contributed by atoms with van der Waals surface area (Å²) in [5.41, 5.74) is 6.49. The van der Waals surface area contributed by atoms with Crippen LogP contribution in [0.4, 0.5) is 0 Å². The van der Waals surface area contributed by atoms with Crippen LogP contribution in [0.1, 0.15) is 41.9 Å². The van der Waals surface area contributed by atoms with Gasteiger partial charge in [0.25, 0.3) is 0 Å². The molecule has 0 radical (unpaired) electrons. The second-order valence-corrected chi connectivity index (χ2v) is 5.26.